The molecule has 96 valence electrons. The molecule has 6 heteroatoms. The van der Waals surface area contributed by atoms with Crippen molar-refractivity contribution in [1.82, 2.24) is 0 Å². The number of carbonyl (C=O) groups excluding carboxylic acids is 1. The van der Waals surface area contributed by atoms with E-state index < -0.39 is 0 Å². The SMILES string of the molecule is N=C/C=C(\C=N)C1=Nc2ccc(Br)cc2NC(=O)C1. The van der Waals surface area contributed by atoms with Crippen molar-refractivity contribution in [1.29, 1.82) is 10.8 Å². The van der Waals surface area contributed by atoms with Crippen molar-refractivity contribution in [2.75, 3.05) is 5.32 Å². The lowest BCUT2D eigenvalue weighted by molar-refractivity contribution is -0.115. The zero-order chi connectivity index (χ0) is 13.8. The van der Waals surface area contributed by atoms with Crippen LogP contribution in [0, 0.1) is 10.8 Å². The lowest BCUT2D eigenvalue weighted by Gasteiger charge is -2.04. The van der Waals surface area contributed by atoms with Gasteiger partial charge in [0.1, 0.15) is 0 Å². The lowest BCUT2D eigenvalue weighted by atomic mass is 10.1. The smallest absolute Gasteiger partial charge is 0.230 e. The van der Waals surface area contributed by atoms with E-state index in [1.807, 2.05) is 6.07 Å². The van der Waals surface area contributed by atoms with Gasteiger partial charge >= 0.3 is 0 Å². The molecule has 1 amide bonds. The highest BCUT2D eigenvalue weighted by Gasteiger charge is 2.17. The molecule has 0 atom stereocenters. The molecule has 2 rings (SSSR count). The topological polar surface area (TPSA) is 89.2 Å². The van der Waals surface area contributed by atoms with Crippen LogP contribution in [0.3, 0.4) is 0 Å². The molecule has 0 aromatic heterocycles. The lowest BCUT2D eigenvalue weighted by Crippen LogP contribution is -2.16. The Labute approximate surface area is 118 Å². The fourth-order valence-corrected chi connectivity index (χ4v) is 2.08. The number of carbonyl (C=O) groups is 1. The molecule has 1 aromatic rings. The van der Waals surface area contributed by atoms with Crippen molar-refractivity contribution in [2.45, 2.75) is 6.42 Å². The van der Waals surface area contributed by atoms with Gasteiger partial charge in [0.15, 0.2) is 0 Å². The third-order valence-corrected chi connectivity index (χ3v) is 3.06. The number of benzene rings is 1. The number of hydrogen-bond acceptors (Lipinski definition) is 4. The van der Waals surface area contributed by atoms with Gasteiger partial charge in [0.25, 0.3) is 0 Å². The molecule has 1 aliphatic heterocycles. The highest BCUT2D eigenvalue weighted by atomic mass is 79.9. The second-order valence-corrected chi connectivity index (χ2v) is 4.79. The number of halogens is 1. The summed E-state index contributed by atoms with van der Waals surface area (Å²) in [5.74, 6) is -0.187. The average molecular weight is 319 g/mol. The van der Waals surface area contributed by atoms with Crippen molar-refractivity contribution in [3.8, 4) is 0 Å². The molecule has 0 saturated heterocycles. The number of allylic oxidation sites excluding steroid dienone is 2. The van der Waals surface area contributed by atoms with E-state index in [4.69, 9.17) is 10.8 Å². The summed E-state index contributed by atoms with van der Waals surface area (Å²) < 4.78 is 0.854. The van der Waals surface area contributed by atoms with Gasteiger partial charge in [-0.1, -0.05) is 15.9 Å². The van der Waals surface area contributed by atoms with Crippen LogP contribution in [-0.4, -0.2) is 24.0 Å². The molecule has 0 aliphatic carbocycles. The molecule has 0 radical (unpaired) electrons. The normalized spacial score (nSPS) is 14.9. The first-order chi connectivity index (χ1) is 9.13. The zero-order valence-corrected chi connectivity index (χ0v) is 11.5. The molecule has 0 unspecified atom stereocenters. The van der Waals surface area contributed by atoms with Gasteiger partial charge in [0.05, 0.1) is 23.5 Å². The number of nitrogens with one attached hydrogen (secondary N) is 3. The Bertz CT molecular complexity index is 619. The molecule has 3 N–H and O–H groups in total. The minimum atomic E-state index is -0.187. The second-order valence-electron chi connectivity index (χ2n) is 3.88. The van der Waals surface area contributed by atoms with Gasteiger partial charge in [-0.25, -0.2) is 0 Å². The minimum absolute atomic E-state index is 0.0847. The van der Waals surface area contributed by atoms with Gasteiger partial charge in [-0.15, -0.1) is 0 Å². The van der Waals surface area contributed by atoms with Crippen molar-refractivity contribution in [3.05, 3.63) is 34.3 Å². The number of fused-ring (bicyclic) bond motifs is 1. The van der Waals surface area contributed by atoms with Crippen LogP contribution in [0.25, 0.3) is 0 Å². The highest BCUT2D eigenvalue weighted by Crippen LogP contribution is 2.31. The van der Waals surface area contributed by atoms with E-state index in [9.17, 15) is 4.79 Å². The summed E-state index contributed by atoms with van der Waals surface area (Å²) in [4.78, 5) is 16.2. The Hall–Kier alpha value is -2.08. The average Bonchev–Trinajstić information content (AvgIpc) is 2.53. The molecule has 1 aromatic carbocycles. The van der Waals surface area contributed by atoms with Crippen molar-refractivity contribution in [2.24, 2.45) is 4.99 Å². The summed E-state index contributed by atoms with van der Waals surface area (Å²) >= 11 is 3.34. The summed E-state index contributed by atoms with van der Waals surface area (Å²) in [5, 5.41) is 17.2. The van der Waals surface area contributed by atoms with E-state index in [0.29, 0.717) is 22.7 Å². The van der Waals surface area contributed by atoms with Crippen LogP contribution in [0.1, 0.15) is 6.42 Å². The maximum Gasteiger partial charge on any atom is 0.230 e. The van der Waals surface area contributed by atoms with Gasteiger partial charge in [-0.2, -0.15) is 0 Å². The molecular weight excluding hydrogens is 308 g/mol. The number of rotatable bonds is 3. The number of anilines is 1. The number of aliphatic imine (C=N–C) groups is 1. The first-order valence-electron chi connectivity index (χ1n) is 5.52. The summed E-state index contributed by atoms with van der Waals surface area (Å²) in [6.07, 6.45) is 3.71. The Balaban J connectivity index is 2.54. The Kier molecular flexibility index (Phi) is 4.01. The Morgan fingerprint density at radius 1 is 1.42 bits per heavy atom. The van der Waals surface area contributed by atoms with Crippen LogP contribution < -0.4 is 5.32 Å². The number of hydrogen-bond donors (Lipinski definition) is 3. The van der Waals surface area contributed by atoms with Crippen molar-refractivity contribution < 1.29 is 4.79 Å². The molecule has 1 heterocycles. The van der Waals surface area contributed by atoms with E-state index in [1.165, 1.54) is 6.08 Å². The van der Waals surface area contributed by atoms with E-state index >= 15 is 0 Å². The molecule has 5 nitrogen and oxygen atoms in total. The summed E-state index contributed by atoms with van der Waals surface area (Å²) in [5.41, 5.74) is 2.22. The largest absolute Gasteiger partial charge is 0.324 e. The first kappa shape index (κ1) is 13.4. The third-order valence-electron chi connectivity index (χ3n) is 2.57. The predicted octanol–water partition coefficient (Wildman–Crippen LogP) is 3.09. The van der Waals surface area contributed by atoms with Crippen molar-refractivity contribution >= 4 is 51.4 Å². The van der Waals surface area contributed by atoms with Gasteiger partial charge in [-0.05, 0) is 24.3 Å². The fraction of sp³-hybridized carbons (Fsp3) is 0.0769. The monoisotopic (exact) mass is 318 g/mol. The maximum absolute atomic E-state index is 11.8. The Morgan fingerprint density at radius 2 is 2.21 bits per heavy atom. The predicted molar refractivity (Wildman–Crippen MR) is 80.1 cm³/mol. The van der Waals surface area contributed by atoms with Gasteiger partial charge < -0.3 is 16.1 Å². The van der Waals surface area contributed by atoms with Gasteiger partial charge in [0.2, 0.25) is 5.91 Å². The summed E-state index contributed by atoms with van der Waals surface area (Å²) in [7, 11) is 0. The van der Waals surface area contributed by atoms with Crippen LogP contribution in [0.15, 0.2) is 39.3 Å². The van der Waals surface area contributed by atoms with Crippen LogP contribution in [0.2, 0.25) is 0 Å². The van der Waals surface area contributed by atoms with Crippen molar-refractivity contribution in [3.63, 3.8) is 0 Å². The first-order valence-corrected chi connectivity index (χ1v) is 6.32. The molecule has 0 bridgehead atoms. The van der Waals surface area contributed by atoms with Crippen LogP contribution in [0.5, 0.6) is 0 Å². The van der Waals surface area contributed by atoms with Crippen LogP contribution in [0.4, 0.5) is 11.4 Å². The van der Waals surface area contributed by atoms with Crippen LogP contribution in [-0.2, 0) is 4.79 Å². The quantitative estimate of drug-likeness (QED) is 0.734. The fourth-order valence-electron chi connectivity index (χ4n) is 1.72. The Morgan fingerprint density at radius 3 is 2.89 bits per heavy atom. The standard InChI is InChI=1S/C13H11BrN4O/c14-9-1-2-10-12(5-9)18-13(19)6-11(17-10)8(7-16)3-4-15/h1-5,7,15-16H,6H2,(H,18,19)/b8-3+,15-4?,16-7?. The molecule has 1 aliphatic rings. The minimum Gasteiger partial charge on any atom is -0.324 e. The molecule has 0 spiro atoms. The summed E-state index contributed by atoms with van der Waals surface area (Å²) in [6, 6.07) is 5.41. The molecule has 19 heavy (non-hydrogen) atoms. The van der Waals surface area contributed by atoms with Gasteiger partial charge in [-0.3, -0.25) is 9.79 Å². The number of amides is 1. The molecular formula is C13H11BrN4O. The van der Waals surface area contributed by atoms with E-state index in [2.05, 4.69) is 26.2 Å². The summed E-state index contributed by atoms with van der Waals surface area (Å²) in [6.45, 7) is 0. The van der Waals surface area contributed by atoms with E-state index in [0.717, 1.165) is 16.9 Å². The molecule has 0 saturated carbocycles. The third kappa shape index (κ3) is 3.03. The number of nitrogens with zero attached hydrogens (tertiary/aromatic N) is 1. The van der Waals surface area contributed by atoms with Gasteiger partial charge in [0, 0.05) is 22.5 Å². The van der Waals surface area contributed by atoms with Crippen LogP contribution >= 0.6 is 15.9 Å². The second kappa shape index (κ2) is 5.71. The van der Waals surface area contributed by atoms with E-state index in [1.54, 1.807) is 12.1 Å². The highest BCUT2D eigenvalue weighted by molar-refractivity contribution is 9.10. The molecule has 0 fully saturated rings. The maximum atomic E-state index is 11.8. The van der Waals surface area contributed by atoms with E-state index in [-0.39, 0.29) is 12.3 Å². The zero-order valence-electron chi connectivity index (χ0n) is 9.90.